The van der Waals surface area contributed by atoms with Gasteiger partial charge in [-0.2, -0.15) is 4.98 Å². The van der Waals surface area contributed by atoms with Gasteiger partial charge < -0.3 is 10.3 Å². The van der Waals surface area contributed by atoms with Gasteiger partial charge >= 0.3 is 0 Å². The normalized spacial score (nSPS) is 18.2. The fourth-order valence-corrected chi connectivity index (χ4v) is 3.58. The third-order valence-electron chi connectivity index (χ3n) is 3.27. The molecule has 0 amide bonds. The highest BCUT2D eigenvalue weighted by molar-refractivity contribution is 7.90. The molecule has 110 valence electrons. The van der Waals surface area contributed by atoms with Gasteiger partial charge in [-0.3, -0.25) is 0 Å². The van der Waals surface area contributed by atoms with Gasteiger partial charge in [0.25, 0.3) is 0 Å². The molecule has 0 spiro atoms. The van der Waals surface area contributed by atoms with Crippen LogP contribution in [0.3, 0.4) is 0 Å². The number of sulfone groups is 1. The molecule has 1 aromatic rings. The molecule has 1 aliphatic rings. The maximum absolute atomic E-state index is 11.7. The molecule has 6 nitrogen and oxygen atoms in total. The largest absolute Gasteiger partial charge is 0.338 e. The zero-order chi connectivity index (χ0) is 13.2. The summed E-state index contributed by atoms with van der Waals surface area (Å²) in [4.78, 5) is 4.15. The lowest BCUT2D eigenvalue weighted by atomic mass is 9.99. The van der Waals surface area contributed by atoms with E-state index in [0.717, 1.165) is 25.7 Å². The van der Waals surface area contributed by atoms with Gasteiger partial charge in [0.15, 0.2) is 15.7 Å². The Bertz CT molecular complexity index is 509. The van der Waals surface area contributed by atoms with Crippen molar-refractivity contribution in [1.82, 2.24) is 10.1 Å². The summed E-state index contributed by atoms with van der Waals surface area (Å²) < 4.78 is 28.3. The number of hydrogen-bond acceptors (Lipinski definition) is 6. The minimum atomic E-state index is -3.15. The van der Waals surface area contributed by atoms with Crippen molar-refractivity contribution in [1.29, 1.82) is 0 Å². The van der Waals surface area contributed by atoms with E-state index < -0.39 is 15.4 Å². The van der Waals surface area contributed by atoms with Crippen molar-refractivity contribution in [3.05, 3.63) is 11.7 Å². The van der Waals surface area contributed by atoms with Gasteiger partial charge in [0, 0.05) is 0 Å². The first kappa shape index (κ1) is 16.4. The van der Waals surface area contributed by atoms with E-state index in [9.17, 15) is 8.42 Å². The van der Waals surface area contributed by atoms with Gasteiger partial charge in [-0.1, -0.05) is 24.9 Å². The Morgan fingerprint density at radius 3 is 2.58 bits per heavy atom. The van der Waals surface area contributed by atoms with Crippen LogP contribution in [0.1, 0.15) is 50.7 Å². The molecular formula is C11H20ClN3O3S. The molecule has 0 atom stereocenters. The lowest BCUT2D eigenvalue weighted by molar-refractivity contribution is 0.354. The van der Waals surface area contributed by atoms with E-state index in [-0.39, 0.29) is 29.8 Å². The lowest BCUT2D eigenvalue weighted by Gasteiger charge is -2.17. The minimum Gasteiger partial charge on any atom is -0.338 e. The average molecular weight is 310 g/mol. The van der Waals surface area contributed by atoms with E-state index in [1.807, 2.05) is 6.92 Å². The molecule has 19 heavy (non-hydrogen) atoms. The molecule has 0 bridgehead atoms. The number of halogens is 1. The molecular weight excluding hydrogens is 290 g/mol. The van der Waals surface area contributed by atoms with Crippen molar-refractivity contribution in [3.63, 3.8) is 0 Å². The molecule has 1 heterocycles. The SMILES string of the molecule is CCCS(=O)(=O)Cc1nc(C2(N)CCCC2)no1.Cl. The molecule has 0 aromatic carbocycles. The number of nitrogens with zero attached hydrogens (tertiary/aromatic N) is 2. The molecule has 0 unspecified atom stereocenters. The van der Waals surface area contributed by atoms with Crippen molar-refractivity contribution >= 4 is 22.2 Å². The molecule has 1 saturated carbocycles. The van der Waals surface area contributed by atoms with Gasteiger partial charge in [0.1, 0.15) is 5.75 Å². The topological polar surface area (TPSA) is 99.1 Å². The maximum atomic E-state index is 11.7. The molecule has 0 aliphatic heterocycles. The Labute approximate surface area is 119 Å². The van der Waals surface area contributed by atoms with E-state index in [2.05, 4.69) is 10.1 Å². The molecule has 2 rings (SSSR count). The quantitative estimate of drug-likeness (QED) is 0.885. The summed E-state index contributed by atoms with van der Waals surface area (Å²) in [6.45, 7) is 1.82. The average Bonchev–Trinajstić information content (AvgIpc) is 2.87. The van der Waals surface area contributed by atoms with Crippen molar-refractivity contribution in [3.8, 4) is 0 Å². The monoisotopic (exact) mass is 309 g/mol. The van der Waals surface area contributed by atoms with Crippen molar-refractivity contribution in [2.45, 2.75) is 50.3 Å². The second-order valence-corrected chi connectivity index (χ2v) is 7.15. The number of hydrogen-bond donors (Lipinski definition) is 1. The lowest BCUT2D eigenvalue weighted by Crippen LogP contribution is -2.34. The van der Waals surface area contributed by atoms with Crippen LogP contribution in [0.2, 0.25) is 0 Å². The summed E-state index contributed by atoms with van der Waals surface area (Å²) in [5.74, 6) is 0.541. The van der Waals surface area contributed by atoms with Crippen molar-refractivity contribution in [2.75, 3.05) is 5.75 Å². The fraction of sp³-hybridized carbons (Fsp3) is 0.818. The van der Waals surface area contributed by atoms with Crippen LogP contribution in [-0.2, 0) is 21.1 Å². The van der Waals surface area contributed by atoms with Gasteiger partial charge in [0.2, 0.25) is 5.89 Å². The molecule has 0 radical (unpaired) electrons. The van der Waals surface area contributed by atoms with Gasteiger partial charge in [-0.15, -0.1) is 12.4 Å². The first-order valence-corrected chi connectivity index (χ1v) is 8.10. The Hall–Kier alpha value is -0.660. The predicted molar refractivity (Wildman–Crippen MR) is 73.7 cm³/mol. The number of aromatic nitrogens is 2. The predicted octanol–water partition coefficient (Wildman–Crippen LogP) is 1.54. The highest BCUT2D eigenvalue weighted by Gasteiger charge is 2.36. The third kappa shape index (κ3) is 3.90. The van der Waals surface area contributed by atoms with Crippen LogP contribution in [0, 0.1) is 0 Å². The Morgan fingerprint density at radius 1 is 1.37 bits per heavy atom. The first-order chi connectivity index (χ1) is 8.45. The highest BCUT2D eigenvalue weighted by Crippen LogP contribution is 2.34. The van der Waals surface area contributed by atoms with Crippen LogP contribution in [0.5, 0.6) is 0 Å². The standard InChI is InChI=1S/C11H19N3O3S.ClH/c1-2-7-18(15,16)8-9-13-10(14-17-9)11(12)5-3-4-6-11;/h2-8,12H2,1H3;1H. The summed E-state index contributed by atoms with van der Waals surface area (Å²) in [6.07, 6.45) is 4.34. The van der Waals surface area contributed by atoms with Crippen LogP contribution >= 0.6 is 12.4 Å². The van der Waals surface area contributed by atoms with Crippen LogP contribution in [-0.4, -0.2) is 24.3 Å². The Kier molecular flexibility index (Phi) is 5.34. The summed E-state index contributed by atoms with van der Waals surface area (Å²) >= 11 is 0. The summed E-state index contributed by atoms with van der Waals surface area (Å²) in [5, 5.41) is 3.84. The van der Waals surface area contributed by atoms with Gasteiger partial charge in [-0.05, 0) is 19.3 Å². The second kappa shape index (κ2) is 6.19. The Morgan fingerprint density at radius 2 is 2.00 bits per heavy atom. The summed E-state index contributed by atoms with van der Waals surface area (Å²) in [5.41, 5.74) is 5.65. The molecule has 2 N–H and O–H groups in total. The van der Waals surface area contributed by atoms with Crippen LogP contribution < -0.4 is 5.73 Å². The molecule has 8 heteroatoms. The second-order valence-electron chi connectivity index (χ2n) is 4.97. The summed E-state index contributed by atoms with van der Waals surface area (Å²) in [7, 11) is -3.15. The molecule has 0 saturated heterocycles. The molecule has 1 aliphatic carbocycles. The Balaban J connectivity index is 0.00000180. The van der Waals surface area contributed by atoms with Crippen LogP contribution in [0.25, 0.3) is 0 Å². The van der Waals surface area contributed by atoms with E-state index >= 15 is 0 Å². The van der Waals surface area contributed by atoms with Crippen molar-refractivity contribution < 1.29 is 12.9 Å². The minimum absolute atomic E-state index is 0. The fourth-order valence-electron chi connectivity index (χ4n) is 2.32. The first-order valence-electron chi connectivity index (χ1n) is 6.27. The van der Waals surface area contributed by atoms with E-state index in [1.54, 1.807) is 0 Å². The third-order valence-corrected chi connectivity index (χ3v) is 4.98. The van der Waals surface area contributed by atoms with E-state index in [1.165, 1.54) is 0 Å². The molecule has 1 fully saturated rings. The smallest absolute Gasteiger partial charge is 0.241 e. The maximum Gasteiger partial charge on any atom is 0.241 e. The summed E-state index contributed by atoms with van der Waals surface area (Å²) in [6, 6.07) is 0. The number of rotatable bonds is 5. The van der Waals surface area contributed by atoms with Crippen LogP contribution in [0.15, 0.2) is 4.52 Å². The zero-order valence-electron chi connectivity index (χ0n) is 11.0. The highest BCUT2D eigenvalue weighted by atomic mass is 35.5. The van der Waals surface area contributed by atoms with Crippen molar-refractivity contribution in [2.24, 2.45) is 5.73 Å². The van der Waals surface area contributed by atoms with E-state index in [4.69, 9.17) is 10.3 Å². The molecule has 1 aromatic heterocycles. The van der Waals surface area contributed by atoms with Crippen LogP contribution in [0.4, 0.5) is 0 Å². The van der Waals surface area contributed by atoms with Gasteiger partial charge in [-0.25, -0.2) is 8.42 Å². The van der Waals surface area contributed by atoms with Gasteiger partial charge in [0.05, 0.1) is 11.3 Å². The number of nitrogens with two attached hydrogens (primary N) is 1. The zero-order valence-corrected chi connectivity index (χ0v) is 12.6. The van der Waals surface area contributed by atoms with E-state index in [0.29, 0.717) is 12.2 Å².